The van der Waals surface area contributed by atoms with Gasteiger partial charge in [0.15, 0.2) is 12.4 Å². The van der Waals surface area contributed by atoms with Crippen molar-refractivity contribution in [1.29, 1.82) is 0 Å². The summed E-state index contributed by atoms with van der Waals surface area (Å²) >= 11 is 0. The molecular weight excluding hydrogens is 282 g/mol. The minimum Gasteiger partial charge on any atom is -0.484 e. The first-order valence-electron chi connectivity index (χ1n) is 7.77. The Morgan fingerprint density at radius 3 is 3.14 bits per heavy atom. The minimum absolute atomic E-state index is 0.00578. The van der Waals surface area contributed by atoms with Crippen LogP contribution in [0.1, 0.15) is 35.3 Å². The molecule has 6 nitrogen and oxygen atoms in total. The van der Waals surface area contributed by atoms with Gasteiger partial charge in [-0.3, -0.25) is 0 Å². The van der Waals surface area contributed by atoms with E-state index in [2.05, 4.69) is 27.6 Å². The number of fused-ring (bicyclic) bond motifs is 1. The zero-order valence-electron chi connectivity index (χ0n) is 12.4. The second-order valence-corrected chi connectivity index (χ2v) is 5.70. The van der Waals surface area contributed by atoms with E-state index in [0.717, 1.165) is 25.3 Å². The largest absolute Gasteiger partial charge is 0.484 e. The number of nitrogens with zero attached hydrogens (tertiary/aromatic N) is 2. The highest BCUT2D eigenvalue weighted by Gasteiger charge is 2.21. The normalized spacial score (nSPS) is 20.8. The SMILES string of the molecule is c1cc2c(cc1OCc1nc(C3COCCN3)no1)CCC2. The van der Waals surface area contributed by atoms with E-state index in [-0.39, 0.29) is 6.04 Å². The van der Waals surface area contributed by atoms with Crippen molar-refractivity contribution in [3.63, 3.8) is 0 Å². The van der Waals surface area contributed by atoms with Crippen molar-refractivity contribution in [2.45, 2.75) is 31.9 Å². The minimum atomic E-state index is 0.00578. The smallest absolute Gasteiger partial charge is 0.264 e. The van der Waals surface area contributed by atoms with Crippen LogP contribution in [0.4, 0.5) is 0 Å². The molecule has 4 rings (SSSR count). The second-order valence-electron chi connectivity index (χ2n) is 5.70. The van der Waals surface area contributed by atoms with Gasteiger partial charge in [0.1, 0.15) is 5.75 Å². The fraction of sp³-hybridized carbons (Fsp3) is 0.500. The Balaban J connectivity index is 1.38. The summed E-state index contributed by atoms with van der Waals surface area (Å²) in [6.07, 6.45) is 3.56. The van der Waals surface area contributed by atoms with Gasteiger partial charge in [-0.2, -0.15) is 4.98 Å². The summed E-state index contributed by atoms with van der Waals surface area (Å²) in [6, 6.07) is 6.29. The number of aromatic nitrogens is 2. The van der Waals surface area contributed by atoms with Crippen molar-refractivity contribution in [2.24, 2.45) is 0 Å². The zero-order valence-corrected chi connectivity index (χ0v) is 12.4. The lowest BCUT2D eigenvalue weighted by Gasteiger charge is -2.20. The predicted octanol–water partition coefficient (Wildman–Crippen LogP) is 1.80. The first kappa shape index (κ1) is 13.7. The molecule has 1 unspecified atom stereocenters. The van der Waals surface area contributed by atoms with Crippen molar-refractivity contribution in [3.05, 3.63) is 41.0 Å². The number of hydrogen-bond donors (Lipinski definition) is 1. The lowest BCUT2D eigenvalue weighted by atomic mass is 10.1. The Labute approximate surface area is 128 Å². The Kier molecular flexibility index (Phi) is 3.78. The summed E-state index contributed by atoms with van der Waals surface area (Å²) in [7, 11) is 0. The molecule has 0 saturated carbocycles. The molecule has 116 valence electrons. The van der Waals surface area contributed by atoms with E-state index < -0.39 is 0 Å². The summed E-state index contributed by atoms with van der Waals surface area (Å²) in [5.41, 5.74) is 2.84. The maximum absolute atomic E-state index is 5.77. The molecule has 0 amide bonds. The van der Waals surface area contributed by atoms with Crippen molar-refractivity contribution in [1.82, 2.24) is 15.5 Å². The highest BCUT2D eigenvalue weighted by atomic mass is 16.5. The number of hydrogen-bond acceptors (Lipinski definition) is 6. The van der Waals surface area contributed by atoms with Gasteiger partial charge in [0.05, 0.1) is 19.3 Å². The monoisotopic (exact) mass is 301 g/mol. The molecule has 1 saturated heterocycles. The average molecular weight is 301 g/mol. The van der Waals surface area contributed by atoms with Crippen LogP contribution < -0.4 is 10.1 Å². The van der Waals surface area contributed by atoms with Gasteiger partial charge >= 0.3 is 0 Å². The van der Waals surface area contributed by atoms with Gasteiger partial charge in [-0.25, -0.2) is 0 Å². The molecule has 1 aromatic heterocycles. The second kappa shape index (κ2) is 6.06. The predicted molar refractivity (Wildman–Crippen MR) is 78.7 cm³/mol. The van der Waals surface area contributed by atoms with Crippen LogP contribution in [0.2, 0.25) is 0 Å². The fourth-order valence-electron chi connectivity index (χ4n) is 2.98. The molecular formula is C16H19N3O3. The van der Waals surface area contributed by atoms with Gasteiger partial charge in [0.25, 0.3) is 5.89 Å². The molecule has 0 radical (unpaired) electrons. The maximum atomic E-state index is 5.77. The van der Waals surface area contributed by atoms with Crippen LogP contribution in [0, 0.1) is 0 Å². The third kappa shape index (κ3) is 2.84. The van der Waals surface area contributed by atoms with Crippen LogP contribution in [-0.2, 0) is 24.2 Å². The molecule has 1 N–H and O–H groups in total. The van der Waals surface area contributed by atoms with Crippen molar-refractivity contribution < 1.29 is 14.0 Å². The van der Waals surface area contributed by atoms with Crippen LogP contribution in [0.25, 0.3) is 0 Å². The van der Waals surface area contributed by atoms with Gasteiger partial charge in [-0.1, -0.05) is 11.2 Å². The lowest BCUT2D eigenvalue weighted by Crippen LogP contribution is -2.35. The van der Waals surface area contributed by atoms with Crippen molar-refractivity contribution in [3.8, 4) is 5.75 Å². The molecule has 2 aromatic rings. The molecule has 1 aromatic carbocycles. The van der Waals surface area contributed by atoms with E-state index in [4.69, 9.17) is 14.0 Å². The number of morpholine rings is 1. The molecule has 1 aliphatic carbocycles. The lowest BCUT2D eigenvalue weighted by molar-refractivity contribution is 0.0734. The standard InChI is InChI=1S/C16H19N3O3/c1-2-11-4-5-13(8-12(11)3-1)21-10-15-18-16(19-22-15)14-9-20-7-6-17-14/h4-5,8,14,17H,1-3,6-7,9-10H2. The quantitative estimate of drug-likeness (QED) is 0.928. The van der Waals surface area contributed by atoms with E-state index >= 15 is 0 Å². The van der Waals surface area contributed by atoms with Gasteiger partial charge in [-0.05, 0) is 42.5 Å². The van der Waals surface area contributed by atoms with Gasteiger partial charge in [0.2, 0.25) is 0 Å². The average Bonchev–Trinajstić information content (AvgIpc) is 3.22. The topological polar surface area (TPSA) is 69.4 Å². The molecule has 2 heterocycles. The molecule has 1 atom stereocenters. The number of nitrogens with one attached hydrogen (secondary N) is 1. The van der Waals surface area contributed by atoms with Crippen LogP contribution in [0.5, 0.6) is 5.75 Å². The highest BCUT2D eigenvalue weighted by molar-refractivity contribution is 5.38. The molecule has 1 aliphatic heterocycles. The summed E-state index contributed by atoms with van der Waals surface area (Å²) in [5, 5.41) is 7.30. The fourth-order valence-corrected chi connectivity index (χ4v) is 2.98. The van der Waals surface area contributed by atoms with Crippen molar-refractivity contribution >= 4 is 0 Å². The Hall–Kier alpha value is -1.92. The first-order chi connectivity index (χ1) is 10.9. The molecule has 22 heavy (non-hydrogen) atoms. The summed E-state index contributed by atoms with van der Waals surface area (Å²) in [4.78, 5) is 4.38. The third-order valence-electron chi connectivity index (χ3n) is 4.15. The van der Waals surface area contributed by atoms with Crippen LogP contribution in [0.15, 0.2) is 22.7 Å². The number of aryl methyl sites for hydroxylation is 2. The van der Waals surface area contributed by atoms with E-state index in [9.17, 15) is 0 Å². The maximum Gasteiger partial charge on any atom is 0.264 e. The van der Waals surface area contributed by atoms with E-state index in [1.165, 1.54) is 24.0 Å². The summed E-state index contributed by atoms with van der Waals surface area (Å²) in [6.45, 7) is 2.40. The van der Waals surface area contributed by atoms with E-state index in [1.807, 2.05) is 6.07 Å². The van der Waals surface area contributed by atoms with Crippen LogP contribution >= 0.6 is 0 Å². The van der Waals surface area contributed by atoms with Crippen molar-refractivity contribution in [2.75, 3.05) is 19.8 Å². The molecule has 0 spiro atoms. The van der Waals surface area contributed by atoms with Crippen LogP contribution in [0.3, 0.4) is 0 Å². The summed E-state index contributed by atoms with van der Waals surface area (Å²) < 4.78 is 16.4. The Morgan fingerprint density at radius 2 is 2.23 bits per heavy atom. The first-order valence-corrected chi connectivity index (χ1v) is 7.77. The number of benzene rings is 1. The number of ether oxygens (including phenoxy) is 2. The highest BCUT2D eigenvalue weighted by Crippen LogP contribution is 2.26. The van der Waals surface area contributed by atoms with Gasteiger partial charge < -0.3 is 19.3 Å². The van der Waals surface area contributed by atoms with E-state index in [0.29, 0.717) is 24.9 Å². The third-order valence-corrected chi connectivity index (χ3v) is 4.15. The Morgan fingerprint density at radius 1 is 1.27 bits per heavy atom. The van der Waals surface area contributed by atoms with Gasteiger partial charge in [-0.15, -0.1) is 0 Å². The molecule has 0 bridgehead atoms. The summed E-state index contributed by atoms with van der Waals surface area (Å²) in [5.74, 6) is 1.98. The van der Waals surface area contributed by atoms with Gasteiger partial charge in [0, 0.05) is 6.54 Å². The molecule has 2 aliphatic rings. The van der Waals surface area contributed by atoms with Crippen LogP contribution in [-0.4, -0.2) is 29.9 Å². The van der Waals surface area contributed by atoms with E-state index in [1.54, 1.807) is 0 Å². The number of rotatable bonds is 4. The molecule has 1 fully saturated rings. The Bertz CT molecular complexity index is 650. The molecule has 6 heteroatoms. The zero-order chi connectivity index (χ0) is 14.8.